The van der Waals surface area contributed by atoms with E-state index in [1.807, 2.05) is 19.1 Å². The van der Waals surface area contributed by atoms with E-state index in [9.17, 15) is 9.59 Å². The largest absolute Gasteiger partial charge is 0.367 e. The molecule has 0 aromatic carbocycles. The molecule has 1 saturated heterocycles. The Morgan fingerprint density at radius 3 is 2.71 bits per heavy atom. The van der Waals surface area contributed by atoms with Gasteiger partial charge in [0, 0.05) is 18.8 Å². The summed E-state index contributed by atoms with van der Waals surface area (Å²) in [4.78, 5) is 33.7. The van der Waals surface area contributed by atoms with E-state index < -0.39 is 0 Å². The average Bonchev–Trinajstić information content (AvgIpc) is 3.08. The number of amides is 1. The number of thioether (sulfide) groups is 1. The molecule has 2 aromatic rings. The molecule has 3 heterocycles. The molecular weight excluding hydrogens is 464 g/mol. The normalized spacial score (nSPS) is 22.2. The summed E-state index contributed by atoms with van der Waals surface area (Å²) in [5.41, 5.74) is 1.83. The number of fused-ring (bicyclic) bond motifs is 1. The zero-order chi connectivity index (χ0) is 24.2. The number of carbonyl (C=O) groups is 1. The third kappa shape index (κ3) is 5.38. The Kier molecular flexibility index (Phi) is 8.09. The molecule has 8 heteroatoms. The molecule has 182 valence electrons. The van der Waals surface area contributed by atoms with E-state index in [-0.39, 0.29) is 17.5 Å². The molecule has 2 aromatic heterocycles. The maximum atomic E-state index is 13.6. The van der Waals surface area contributed by atoms with Gasteiger partial charge in [0.25, 0.3) is 11.5 Å². The Bertz CT molecular complexity index is 1170. The van der Waals surface area contributed by atoms with Crippen LogP contribution >= 0.6 is 24.0 Å². The van der Waals surface area contributed by atoms with Crippen molar-refractivity contribution in [3.63, 3.8) is 0 Å². The standard InChI is InChI=1S/C26H34N4O2S2/c1-4-5-6-7-14-30-25(32)21(34-26(30)33)16-20-22(27-19-12-10-17(2)11-13-19)28-23-18(3)9-8-15-29(23)24(20)31/h8-9,15-17,19,27H,4-7,10-14H2,1-3H3/b21-16+. The van der Waals surface area contributed by atoms with Crippen molar-refractivity contribution in [1.29, 1.82) is 0 Å². The summed E-state index contributed by atoms with van der Waals surface area (Å²) in [6.45, 7) is 7.04. The number of aryl methyl sites for hydroxylation is 1. The first-order chi connectivity index (χ1) is 16.4. The molecule has 0 spiro atoms. The number of unbranched alkanes of at least 4 members (excludes halogenated alkanes) is 3. The van der Waals surface area contributed by atoms with Gasteiger partial charge in [-0.1, -0.05) is 63.2 Å². The van der Waals surface area contributed by atoms with Crippen molar-refractivity contribution in [2.24, 2.45) is 5.92 Å². The van der Waals surface area contributed by atoms with Crippen LogP contribution in [-0.4, -0.2) is 37.1 Å². The quantitative estimate of drug-likeness (QED) is 0.283. The first kappa shape index (κ1) is 24.9. The topological polar surface area (TPSA) is 66.7 Å². The van der Waals surface area contributed by atoms with Crippen molar-refractivity contribution >= 4 is 51.7 Å². The molecule has 1 aliphatic carbocycles. The van der Waals surface area contributed by atoms with E-state index in [2.05, 4.69) is 19.2 Å². The first-order valence-electron chi connectivity index (χ1n) is 12.4. The number of hydrogen-bond acceptors (Lipinski definition) is 6. The zero-order valence-corrected chi connectivity index (χ0v) is 21.9. The lowest BCUT2D eigenvalue weighted by Crippen LogP contribution is -2.30. The predicted molar refractivity (Wildman–Crippen MR) is 145 cm³/mol. The predicted octanol–water partition coefficient (Wildman–Crippen LogP) is 5.78. The van der Waals surface area contributed by atoms with Crippen LogP contribution in [0.5, 0.6) is 0 Å². The van der Waals surface area contributed by atoms with E-state index >= 15 is 0 Å². The van der Waals surface area contributed by atoms with Gasteiger partial charge in [0.2, 0.25) is 0 Å². The highest BCUT2D eigenvalue weighted by molar-refractivity contribution is 8.26. The van der Waals surface area contributed by atoms with Crippen molar-refractivity contribution in [3.05, 3.63) is 44.7 Å². The number of nitrogens with one attached hydrogen (secondary N) is 1. The van der Waals surface area contributed by atoms with Crippen molar-refractivity contribution in [2.75, 3.05) is 11.9 Å². The van der Waals surface area contributed by atoms with Gasteiger partial charge in [-0.3, -0.25) is 18.9 Å². The molecule has 1 amide bonds. The van der Waals surface area contributed by atoms with Crippen LogP contribution in [0.15, 0.2) is 28.0 Å². The molecule has 0 atom stereocenters. The van der Waals surface area contributed by atoms with Crippen molar-refractivity contribution in [2.45, 2.75) is 78.2 Å². The van der Waals surface area contributed by atoms with Gasteiger partial charge in [0.15, 0.2) is 0 Å². The fourth-order valence-electron chi connectivity index (χ4n) is 4.67. The number of thiocarbonyl (C=S) groups is 1. The molecule has 34 heavy (non-hydrogen) atoms. The number of pyridine rings is 1. The molecule has 2 aliphatic rings. The van der Waals surface area contributed by atoms with Crippen molar-refractivity contribution in [1.82, 2.24) is 14.3 Å². The number of anilines is 1. The Labute approximate surface area is 211 Å². The van der Waals surface area contributed by atoms with Crippen molar-refractivity contribution in [3.8, 4) is 0 Å². The van der Waals surface area contributed by atoms with Crippen LogP contribution in [0.3, 0.4) is 0 Å². The summed E-state index contributed by atoms with van der Waals surface area (Å²) in [5.74, 6) is 1.18. The molecule has 0 unspecified atom stereocenters. The second-order valence-corrected chi connectivity index (χ2v) is 11.2. The van der Waals surface area contributed by atoms with Crippen LogP contribution in [0.1, 0.15) is 76.3 Å². The number of aromatic nitrogens is 2. The lowest BCUT2D eigenvalue weighted by atomic mass is 9.87. The van der Waals surface area contributed by atoms with E-state index in [4.69, 9.17) is 17.2 Å². The smallest absolute Gasteiger partial charge is 0.267 e. The third-order valence-corrected chi connectivity index (χ3v) is 8.20. The summed E-state index contributed by atoms with van der Waals surface area (Å²) in [6, 6.07) is 4.08. The van der Waals surface area contributed by atoms with E-state index in [1.165, 1.54) is 11.8 Å². The lowest BCUT2D eigenvalue weighted by molar-refractivity contribution is -0.122. The highest BCUT2D eigenvalue weighted by Crippen LogP contribution is 2.34. The molecule has 2 fully saturated rings. The highest BCUT2D eigenvalue weighted by atomic mass is 32.2. The van der Waals surface area contributed by atoms with Gasteiger partial charge in [0.1, 0.15) is 15.8 Å². The molecule has 4 rings (SSSR count). The number of hydrogen-bond donors (Lipinski definition) is 1. The van der Waals surface area contributed by atoms with Crippen LogP contribution in [0.4, 0.5) is 5.82 Å². The summed E-state index contributed by atoms with van der Waals surface area (Å²) < 4.78 is 2.13. The van der Waals surface area contributed by atoms with Gasteiger partial charge in [-0.2, -0.15) is 0 Å². The molecule has 0 radical (unpaired) electrons. The van der Waals surface area contributed by atoms with Crippen LogP contribution in [-0.2, 0) is 4.79 Å². The zero-order valence-electron chi connectivity index (χ0n) is 20.3. The Morgan fingerprint density at radius 1 is 1.21 bits per heavy atom. The average molecular weight is 499 g/mol. The number of carbonyl (C=O) groups excluding carboxylic acids is 1. The Balaban J connectivity index is 1.68. The van der Waals surface area contributed by atoms with Gasteiger partial charge in [-0.25, -0.2) is 4.98 Å². The van der Waals surface area contributed by atoms with Crippen molar-refractivity contribution < 1.29 is 4.79 Å². The van der Waals surface area contributed by atoms with Gasteiger partial charge in [-0.05, 0) is 62.7 Å². The maximum Gasteiger partial charge on any atom is 0.267 e. The molecule has 1 aliphatic heterocycles. The SMILES string of the molecule is CCCCCCN1C(=O)/C(=C\c2c(NC3CCC(C)CC3)nc3c(C)cccn3c2=O)SC1=S. The minimum Gasteiger partial charge on any atom is -0.367 e. The summed E-state index contributed by atoms with van der Waals surface area (Å²) >= 11 is 6.78. The first-order valence-corrected chi connectivity index (χ1v) is 13.7. The Morgan fingerprint density at radius 2 is 1.97 bits per heavy atom. The Hall–Kier alpha value is -2.19. The number of nitrogens with zero attached hydrogens (tertiary/aromatic N) is 3. The fraction of sp³-hybridized carbons (Fsp3) is 0.538. The van der Waals surface area contributed by atoms with E-state index in [0.29, 0.717) is 32.8 Å². The summed E-state index contributed by atoms with van der Waals surface area (Å²) in [6.07, 6.45) is 12.2. The van der Waals surface area contributed by atoms with Crippen LogP contribution in [0.2, 0.25) is 0 Å². The van der Waals surface area contributed by atoms with Crippen LogP contribution in [0.25, 0.3) is 11.7 Å². The van der Waals surface area contributed by atoms with Crippen LogP contribution in [0, 0.1) is 12.8 Å². The molecular formula is C26H34N4O2S2. The number of rotatable bonds is 8. The van der Waals surface area contributed by atoms with Gasteiger partial charge < -0.3 is 5.32 Å². The van der Waals surface area contributed by atoms with Gasteiger partial charge in [0.05, 0.1) is 10.5 Å². The second kappa shape index (κ2) is 11.0. The van der Waals surface area contributed by atoms with Crippen LogP contribution < -0.4 is 10.9 Å². The van der Waals surface area contributed by atoms with Gasteiger partial charge in [-0.15, -0.1) is 0 Å². The summed E-state index contributed by atoms with van der Waals surface area (Å²) in [7, 11) is 0. The van der Waals surface area contributed by atoms with Gasteiger partial charge >= 0.3 is 0 Å². The minimum absolute atomic E-state index is 0.113. The van der Waals surface area contributed by atoms with E-state index in [1.54, 1.807) is 21.6 Å². The highest BCUT2D eigenvalue weighted by Gasteiger charge is 2.32. The monoisotopic (exact) mass is 498 g/mol. The molecule has 6 nitrogen and oxygen atoms in total. The molecule has 0 bridgehead atoms. The minimum atomic E-state index is -0.173. The van der Waals surface area contributed by atoms with E-state index in [0.717, 1.165) is 62.8 Å². The maximum absolute atomic E-state index is 13.6. The second-order valence-electron chi connectivity index (χ2n) is 9.56. The molecule has 1 saturated carbocycles. The lowest BCUT2D eigenvalue weighted by Gasteiger charge is -2.28. The molecule has 1 N–H and O–H groups in total. The summed E-state index contributed by atoms with van der Waals surface area (Å²) in [5, 5.41) is 3.55. The third-order valence-electron chi connectivity index (χ3n) is 6.83. The fourth-order valence-corrected chi connectivity index (χ4v) is 5.96.